The minimum absolute atomic E-state index is 0.235. The number of anilines is 1. The number of esters is 1. The van der Waals surface area contributed by atoms with Gasteiger partial charge in [0.05, 0.1) is 13.2 Å². The minimum Gasteiger partial charge on any atom is -0.493 e. The highest BCUT2D eigenvalue weighted by molar-refractivity contribution is 5.94. The predicted molar refractivity (Wildman–Crippen MR) is 337 cm³/mol. The Morgan fingerprint density at radius 1 is 0.536 bits per heavy atom. The van der Waals surface area contributed by atoms with Crippen molar-refractivity contribution < 1.29 is 68.2 Å². The fraction of sp³-hybridized carbons (Fsp3) is 0.597. The Bertz CT molecular complexity index is 2130. The van der Waals surface area contributed by atoms with Crippen molar-refractivity contribution in [1.82, 2.24) is 10.2 Å². The highest BCUT2D eigenvalue weighted by Crippen LogP contribution is 2.24. The van der Waals surface area contributed by atoms with Gasteiger partial charge in [-0.05, 0) is 86.9 Å². The van der Waals surface area contributed by atoms with Gasteiger partial charge in [0.15, 0.2) is 6.61 Å². The summed E-state index contributed by atoms with van der Waals surface area (Å²) in [7, 11) is 0. The summed E-state index contributed by atoms with van der Waals surface area (Å²) < 4.78 is 15.9. The lowest BCUT2D eigenvalue weighted by atomic mass is 10.1. The van der Waals surface area contributed by atoms with Gasteiger partial charge < -0.3 is 50.2 Å². The highest BCUT2D eigenvalue weighted by Gasteiger charge is 2.16. The molecule has 0 fully saturated rings. The van der Waals surface area contributed by atoms with Gasteiger partial charge in [-0.25, -0.2) is 9.59 Å². The molecule has 2 aromatic carbocycles. The Morgan fingerprint density at radius 2 is 1.00 bits per heavy atom. The summed E-state index contributed by atoms with van der Waals surface area (Å²) in [5.41, 5.74) is 3.45. The predicted octanol–water partition coefficient (Wildman–Crippen LogP) is 15.2. The highest BCUT2D eigenvalue weighted by atomic mass is 16.5. The molecule has 17 heteroatoms. The maximum atomic E-state index is 11.7. The number of carboxylic acid groups (broad SMARTS) is 4. The van der Waals surface area contributed by atoms with E-state index in [0.717, 1.165) is 126 Å². The molecule has 0 radical (unpaired) electrons. The summed E-state index contributed by atoms with van der Waals surface area (Å²) in [6.07, 6.45) is 36.2. The molecule has 6 N–H and O–H groups in total. The van der Waals surface area contributed by atoms with Crippen LogP contribution in [0.1, 0.15) is 225 Å². The Kier molecular flexibility index (Phi) is 53.3. The van der Waals surface area contributed by atoms with Gasteiger partial charge in [0, 0.05) is 55.9 Å². The normalized spacial score (nSPS) is 10.2. The third kappa shape index (κ3) is 53.1. The first kappa shape index (κ1) is 79.2. The van der Waals surface area contributed by atoms with Crippen molar-refractivity contribution in [3.05, 3.63) is 97.6 Å². The molecule has 0 atom stereocenters. The van der Waals surface area contributed by atoms with Gasteiger partial charge in [0.2, 0.25) is 11.8 Å². The number of carbonyl (C=O) groups is 7. The Morgan fingerprint density at radius 3 is 1.45 bits per heavy atom. The van der Waals surface area contributed by atoms with Crippen LogP contribution in [-0.4, -0.2) is 106 Å². The molecule has 0 aliphatic heterocycles. The zero-order valence-corrected chi connectivity index (χ0v) is 51.6. The van der Waals surface area contributed by atoms with Crippen molar-refractivity contribution in [1.29, 1.82) is 0 Å². The van der Waals surface area contributed by atoms with Gasteiger partial charge in [-0.3, -0.25) is 24.0 Å². The molecule has 0 spiro atoms. The third-order valence-electron chi connectivity index (χ3n) is 13.0. The molecular formula is C67H107N3O14. The first-order chi connectivity index (χ1) is 40.4. The second-order valence-corrected chi connectivity index (χ2v) is 20.8. The smallest absolute Gasteiger partial charge is 0.341 e. The van der Waals surface area contributed by atoms with Gasteiger partial charge >= 0.3 is 29.8 Å². The molecule has 0 saturated carbocycles. The van der Waals surface area contributed by atoms with E-state index in [2.05, 4.69) is 75.1 Å². The maximum Gasteiger partial charge on any atom is 0.341 e. The monoisotopic (exact) mass is 1180 g/mol. The number of amides is 2. The van der Waals surface area contributed by atoms with Gasteiger partial charge in [-0.2, -0.15) is 0 Å². The van der Waals surface area contributed by atoms with E-state index in [0.29, 0.717) is 43.3 Å². The van der Waals surface area contributed by atoms with E-state index < -0.39 is 30.5 Å². The molecule has 0 aliphatic rings. The molecule has 17 nitrogen and oxygen atoms in total. The van der Waals surface area contributed by atoms with Crippen LogP contribution in [0, 0.1) is 0 Å². The largest absolute Gasteiger partial charge is 0.493 e. The molecule has 84 heavy (non-hydrogen) atoms. The van der Waals surface area contributed by atoms with E-state index in [1.165, 1.54) is 94.1 Å². The van der Waals surface area contributed by atoms with Crippen LogP contribution in [0.3, 0.4) is 0 Å². The lowest BCUT2D eigenvalue weighted by Gasteiger charge is -2.20. The number of aliphatic carboxylic acids is 4. The number of ether oxygens (including phenoxy) is 3. The van der Waals surface area contributed by atoms with Gasteiger partial charge in [-0.15, -0.1) is 0 Å². The number of nitrogens with one attached hydrogen (secondary N) is 2. The van der Waals surface area contributed by atoms with Crippen LogP contribution in [0.5, 0.6) is 11.5 Å². The second kappa shape index (κ2) is 56.6. The maximum absolute atomic E-state index is 11.7. The van der Waals surface area contributed by atoms with Crippen LogP contribution in [0.15, 0.2) is 86.5 Å². The number of unbranched alkanes of at least 4 members (excludes halogenated alkanes) is 24. The summed E-state index contributed by atoms with van der Waals surface area (Å²) in [5, 5.41) is 40.6. The van der Waals surface area contributed by atoms with E-state index in [1.807, 2.05) is 12.1 Å². The van der Waals surface area contributed by atoms with E-state index in [-0.39, 0.29) is 37.3 Å². The summed E-state index contributed by atoms with van der Waals surface area (Å²) in [6, 6.07) is 13.4. The number of carbonyl (C=O) groups excluding carboxylic acids is 3. The van der Waals surface area contributed by atoms with E-state index in [9.17, 15) is 33.6 Å². The van der Waals surface area contributed by atoms with Gasteiger partial charge in [-0.1, -0.05) is 200 Å². The average molecular weight is 1180 g/mol. The van der Waals surface area contributed by atoms with Crippen molar-refractivity contribution in [3.63, 3.8) is 0 Å². The average Bonchev–Trinajstić information content (AvgIpc) is 3.50. The topological polar surface area (TPSA) is 255 Å². The quantitative estimate of drug-likeness (QED) is 0.0205. The van der Waals surface area contributed by atoms with Crippen LogP contribution < -0.4 is 20.1 Å². The first-order valence-electron chi connectivity index (χ1n) is 30.8. The molecule has 0 heterocycles. The molecule has 2 rings (SSSR count). The van der Waals surface area contributed by atoms with Crippen LogP contribution >= 0.6 is 0 Å². The SMILES string of the molecule is C=C(C)C(=O)N(CCCCCCCCC)CC(=O)O.C=CC(=O)NCc1cc(OCCCCCCCCCC)cc(OCC(=O)O)c1.C=CC(=O)OCCCCCCCCCC(=O)O.C=Cc1ccc(NCCCCCCCCC(=O)O)cc1. The molecule has 474 valence electrons. The molecule has 0 aliphatic carbocycles. The van der Waals surface area contributed by atoms with Crippen molar-refractivity contribution in [2.24, 2.45) is 0 Å². The van der Waals surface area contributed by atoms with E-state index in [1.54, 1.807) is 19.1 Å². The zero-order chi connectivity index (χ0) is 62.9. The summed E-state index contributed by atoms with van der Waals surface area (Å²) in [6.45, 7) is 22.2. The zero-order valence-electron chi connectivity index (χ0n) is 51.6. The Hall–Kier alpha value is -6.91. The van der Waals surface area contributed by atoms with Gasteiger partial charge in [0.1, 0.15) is 18.0 Å². The summed E-state index contributed by atoms with van der Waals surface area (Å²) in [5.74, 6) is -3.31. The van der Waals surface area contributed by atoms with Gasteiger partial charge in [0.25, 0.3) is 0 Å². The Labute approximate surface area is 503 Å². The lowest BCUT2D eigenvalue weighted by Crippen LogP contribution is -2.36. The molecule has 2 aromatic rings. The molecule has 0 aromatic heterocycles. The van der Waals surface area contributed by atoms with Crippen LogP contribution in [0.4, 0.5) is 5.69 Å². The number of rotatable bonds is 49. The van der Waals surface area contributed by atoms with Crippen molar-refractivity contribution in [3.8, 4) is 11.5 Å². The minimum atomic E-state index is -1.05. The molecule has 0 unspecified atom stereocenters. The molecule has 0 bridgehead atoms. The number of hydrogen-bond donors (Lipinski definition) is 6. The Balaban J connectivity index is 0. The summed E-state index contributed by atoms with van der Waals surface area (Å²) in [4.78, 5) is 77.2. The third-order valence-corrected chi connectivity index (χ3v) is 13.0. The first-order valence-corrected chi connectivity index (χ1v) is 30.8. The number of carboxylic acids is 4. The molecule has 2 amide bonds. The van der Waals surface area contributed by atoms with Crippen molar-refractivity contribution in [2.75, 3.05) is 44.8 Å². The number of hydrogen-bond acceptors (Lipinski definition) is 11. The molecule has 0 saturated heterocycles. The van der Waals surface area contributed by atoms with Crippen LogP contribution in [0.25, 0.3) is 6.08 Å². The van der Waals surface area contributed by atoms with Crippen molar-refractivity contribution in [2.45, 2.75) is 220 Å². The lowest BCUT2D eigenvalue weighted by molar-refractivity contribution is -0.143. The fourth-order valence-electron chi connectivity index (χ4n) is 8.25. The van der Waals surface area contributed by atoms with Crippen LogP contribution in [-0.2, 0) is 44.8 Å². The van der Waals surface area contributed by atoms with E-state index >= 15 is 0 Å². The standard InChI is InChI=1S/C22H33NO5.C17H25NO2.C15H27NO3.C13H22O4/c1-3-5-6-7-8-9-10-11-12-27-19-13-18(16-23-21(24)4-2)14-20(15-19)28-17-22(25)26;1-2-15-10-12-16(13-11-15)18-14-8-6-4-3-5-7-9-17(19)20;1-4-5-6-7-8-9-10-11-16(12-14(17)18)15(19)13(2)3;1-2-13(16)17-11-9-7-5-3-4-6-8-10-12(14)15/h4,13-15H,2-3,5-12,16-17H2,1H3,(H,23,24)(H,25,26);2,10-13,18H,1,3-9,14H2,(H,19,20);2,4-12H2,1,3H3,(H,17,18);2H,1,3-11H2,(H,14,15). The second-order valence-electron chi connectivity index (χ2n) is 20.8. The van der Waals surface area contributed by atoms with Crippen molar-refractivity contribution >= 4 is 53.4 Å². The van der Waals surface area contributed by atoms with E-state index in [4.69, 9.17) is 34.6 Å². The molecular weight excluding hydrogens is 1070 g/mol. The number of nitrogens with zero attached hydrogens (tertiary/aromatic N) is 1. The fourth-order valence-corrected chi connectivity index (χ4v) is 8.25. The van der Waals surface area contributed by atoms with Crippen LogP contribution in [0.2, 0.25) is 0 Å². The summed E-state index contributed by atoms with van der Waals surface area (Å²) >= 11 is 0. The number of benzene rings is 2.